The van der Waals surface area contributed by atoms with Gasteiger partial charge in [0.15, 0.2) is 0 Å². The topological polar surface area (TPSA) is 64.0 Å². The van der Waals surface area contributed by atoms with Crippen molar-refractivity contribution in [3.63, 3.8) is 0 Å². The van der Waals surface area contributed by atoms with Crippen LogP contribution in [0.5, 0.6) is 0 Å². The zero-order valence-electron chi connectivity index (χ0n) is 14.7. The van der Waals surface area contributed by atoms with Gasteiger partial charge in [-0.3, -0.25) is 9.59 Å². The highest BCUT2D eigenvalue weighted by molar-refractivity contribution is 9.10. The second-order valence-electron chi connectivity index (χ2n) is 6.02. The van der Waals surface area contributed by atoms with Crippen LogP contribution in [-0.4, -0.2) is 15.7 Å². The summed E-state index contributed by atoms with van der Waals surface area (Å²) in [7, 11) is 1.51. The van der Waals surface area contributed by atoms with Crippen molar-refractivity contribution in [3.8, 4) is 11.1 Å². The minimum absolute atomic E-state index is 0.0611. The van der Waals surface area contributed by atoms with E-state index in [1.807, 2.05) is 50.2 Å². The summed E-state index contributed by atoms with van der Waals surface area (Å²) in [6.45, 7) is 4.00. The van der Waals surface area contributed by atoms with Crippen LogP contribution in [0.3, 0.4) is 0 Å². The first-order chi connectivity index (χ1) is 12.4. The molecule has 3 aromatic rings. The Labute approximate surface area is 159 Å². The maximum atomic E-state index is 12.5. The van der Waals surface area contributed by atoms with Crippen molar-refractivity contribution in [2.45, 2.75) is 13.8 Å². The van der Waals surface area contributed by atoms with Crippen LogP contribution in [0.2, 0.25) is 0 Å². The van der Waals surface area contributed by atoms with Crippen LogP contribution in [-0.2, 0) is 7.05 Å². The second kappa shape index (κ2) is 7.25. The molecule has 0 bridgehead atoms. The number of hydrogen-bond acceptors (Lipinski definition) is 3. The van der Waals surface area contributed by atoms with Crippen LogP contribution >= 0.6 is 15.9 Å². The van der Waals surface area contributed by atoms with Crippen molar-refractivity contribution in [2.75, 3.05) is 5.32 Å². The molecule has 0 atom stereocenters. The van der Waals surface area contributed by atoms with E-state index >= 15 is 0 Å². The molecular formula is C20H18BrN3O2. The summed E-state index contributed by atoms with van der Waals surface area (Å²) < 4.78 is 2.17. The van der Waals surface area contributed by atoms with Crippen LogP contribution in [0, 0.1) is 13.8 Å². The molecule has 5 nitrogen and oxygen atoms in total. The van der Waals surface area contributed by atoms with E-state index in [0.717, 1.165) is 31.4 Å². The number of nitrogens with one attached hydrogen (secondary N) is 1. The number of aromatic nitrogens is 2. The molecule has 1 N–H and O–H groups in total. The summed E-state index contributed by atoms with van der Waals surface area (Å²) in [6, 6.07) is 13.2. The third-order valence-electron chi connectivity index (χ3n) is 4.39. The third kappa shape index (κ3) is 3.32. The lowest BCUT2D eigenvalue weighted by Crippen LogP contribution is -2.28. The quantitative estimate of drug-likeness (QED) is 0.705. The lowest BCUT2D eigenvalue weighted by atomic mass is 9.95. The largest absolute Gasteiger partial charge is 0.322 e. The number of nitrogens with zero attached hydrogens (tertiary/aromatic N) is 2. The van der Waals surface area contributed by atoms with Crippen LogP contribution in [0.1, 0.15) is 21.5 Å². The van der Waals surface area contributed by atoms with Gasteiger partial charge in [-0.15, -0.1) is 0 Å². The Hall–Kier alpha value is -2.73. The van der Waals surface area contributed by atoms with Gasteiger partial charge in [-0.1, -0.05) is 40.2 Å². The fraction of sp³-hybridized carbons (Fsp3) is 0.150. The Bertz CT molecular complexity index is 1060. The van der Waals surface area contributed by atoms with Crippen molar-refractivity contribution in [3.05, 3.63) is 80.2 Å². The van der Waals surface area contributed by atoms with E-state index in [1.54, 1.807) is 0 Å². The molecule has 0 aliphatic heterocycles. The molecule has 1 amide bonds. The zero-order chi connectivity index (χ0) is 18.8. The van der Waals surface area contributed by atoms with Gasteiger partial charge in [0.2, 0.25) is 0 Å². The summed E-state index contributed by atoms with van der Waals surface area (Å²) in [5.74, 6) is -0.445. The van der Waals surface area contributed by atoms with Crippen LogP contribution in [0.15, 0.2) is 57.9 Å². The standard InChI is InChI=1S/C20H18BrN3O2/c1-12-14(6-4-8-17(12)21)15-7-5-9-18(13(15)2)23-19(25)16-10-11-22-24(3)20(16)26/h4-11H,1-3H3,(H,23,25). The Morgan fingerprint density at radius 2 is 1.69 bits per heavy atom. The number of amides is 1. The fourth-order valence-electron chi connectivity index (χ4n) is 2.83. The first-order valence-corrected chi connectivity index (χ1v) is 8.88. The highest BCUT2D eigenvalue weighted by Crippen LogP contribution is 2.33. The summed E-state index contributed by atoms with van der Waals surface area (Å²) in [5.41, 5.74) is 4.49. The third-order valence-corrected chi connectivity index (χ3v) is 5.25. The molecule has 0 aliphatic carbocycles. The minimum Gasteiger partial charge on any atom is -0.322 e. The molecule has 0 saturated carbocycles. The number of rotatable bonds is 3. The lowest BCUT2D eigenvalue weighted by molar-refractivity contribution is 0.102. The van der Waals surface area contributed by atoms with E-state index in [-0.39, 0.29) is 5.56 Å². The molecule has 6 heteroatoms. The predicted octanol–water partition coefficient (Wildman–Crippen LogP) is 4.08. The van der Waals surface area contributed by atoms with Crippen molar-refractivity contribution in [1.82, 2.24) is 9.78 Å². The second-order valence-corrected chi connectivity index (χ2v) is 6.87. The van der Waals surface area contributed by atoms with E-state index in [2.05, 4.69) is 26.3 Å². The number of carbonyl (C=O) groups excluding carboxylic acids is 1. The molecule has 2 aromatic carbocycles. The van der Waals surface area contributed by atoms with Gasteiger partial charge in [-0.2, -0.15) is 5.10 Å². The number of benzene rings is 2. The van der Waals surface area contributed by atoms with Crippen LogP contribution < -0.4 is 10.9 Å². The first-order valence-electron chi connectivity index (χ1n) is 8.09. The first kappa shape index (κ1) is 18.1. The van der Waals surface area contributed by atoms with Gasteiger partial charge in [-0.05, 0) is 54.3 Å². The Kier molecular flexibility index (Phi) is 5.04. The summed E-state index contributed by atoms with van der Waals surface area (Å²) in [6.07, 6.45) is 1.43. The van der Waals surface area contributed by atoms with Crippen LogP contribution in [0.25, 0.3) is 11.1 Å². The van der Waals surface area contributed by atoms with Gasteiger partial charge in [0.25, 0.3) is 11.5 Å². The Morgan fingerprint density at radius 1 is 1.04 bits per heavy atom. The predicted molar refractivity (Wildman–Crippen MR) is 106 cm³/mol. The monoisotopic (exact) mass is 411 g/mol. The van der Waals surface area contributed by atoms with E-state index in [0.29, 0.717) is 5.69 Å². The van der Waals surface area contributed by atoms with Crippen molar-refractivity contribution < 1.29 is 4.79 Å². The molecule has 132 valence electrons. The number of hydrogen-bond donors (Lipinski definition) is 1. The minimum atomic E-state index is -0.445. The van der Waals surface area contributed by atoms with Gasteiger partial charge < -0.3 is 5.32 Å². The van der Waals surface area contributed by atoms with Gasteiger partial charge in [0.05, 0.1) is 0 Å². The van der Waals surface area contributed by atoms with E-state index in [9.17, 15) is 9.59 Å². The van der Waals surface area contributed by atoms with E-state index < -0.39 is 11.5 Å². The molecule has 0 spiro atoms. The normalized spacial score (nSPS) is 10.6. The van der Waals surface area contributed by atoms with Crippen LogP contribution in [0.4, 0.5) is 5.69 Å². The molecule has 1 aromatic heterocycles. The van der Waals surface area contributed by atoms with Crippen molar-refractivity contribution in [1.29, 1.82) is 0 Å². The molecular weight excluding hydrogens is 394 g/mol. The highest BCUT2D eigenvalue weighted by Gasteiger charge is 2.15. The average Bonchev–Trinajstić information content (AvgIpc) is 2.62. The molecule has 0 aliphatic rings. The van der Waals surface area contributed by atoms with E-state index in [1.165, 1.54) is 19.3 Å². The number of aryl methyl sites for hydroxylation is 1. The summed E-state index contributed by atoms with van der Waals surface area (Å²) in [4.78, 5) is 24.6. The van der Waals surface area contributed by atoms with Crippen molar-refractivity contribution >= 4 is 27.5 Å². The SMILES string of the molecule is Cc1c(Br)cccc1-c1cccc(NC(=O)c2ccnn(C)c2=O)c1C. The van der Waals surface area contributed by atoms with Gasteiger partial charge in [-0.25, -0.2) is 4.68 Å². The maximum Gasteiger partial charge on any atom is 0.279 e. The maximum absolute atomic E-state index is 12.5. The van der Waals surface area contributed by atoms with Crippen molar-refractivity contribution in [2.24, 2.45) is 7.05 Å². The molecule has 3 rings (SSSR count). The molecule has 0 fully saturated rings. The number of anilines is 1. The molecule has 0 unspecified atom stereocenters. The Balaban J connectivity index is 2.00. The Morgan fingerprint density at radius 3 is 2.42 bits per heavy atom. The highest BCUT2D eigenvalue weighted by atomic mass is 79.9. The van der Waals surface area contributed by atoms with Gasteiger partial charge in [0, 0.05) is 23.4 Å². The number of halogens is 1. The molecule has 1 heterocycles. The molecule has 0 saturated heterocycles. The summed E-state index contributed by atoms with van der Waals surface area (Å²) >= 11 is 3.56. The summed E-state index contributed by atoms with van der Waals surface area (Å²) in [5, 5.41) is 6.68. The fourth-order valence-corrected chi connectivity index (χ4v) is 3.20. The lowest BCUT2D eigenvalue weighted by Gasteiger charge is -2.15. The molecule has 26 heavy (non-hydrogen) atoms. The zero-order valence-corrected chi connectivity index (χ0v) is 16.3. The van der Waals surface area contributed by atoms with E-state index in [4.69, 9.17) is 0 Å². The van der Waals surface area contributed by atoms with Gasteiger partial charge >= 0.3 is 0 Å². The molecule has 0 radical (unpaired) electrons. The van der Waals surface area contributed by atoms with Gasteiger partial charge in [0.1, 0.15) is 5.56 Å². The smallest absolute Gasteiger partial charge is 0.279 e. The number of carbonyl (C=O) groups is 1. The average molecular weight is 412 g/mol.